The number of phenols is 1. The normalized spacial score (nSPS) is 17.8. The van der Waals surface area contributed by atoms with Crippen LogP contribution >= 0.6 is 22.7 Å². The van der Waals surface area contributed by atoms with Crippen LogP contribution in [-0.2, 0) is 17.7 Å². The summed E-state index contributed by atoms with van der Waals surface area (Å²) in [5, 5.41) is 24.1. The number of aromatic nitrogens is 1. The SMILES string of the molecule is CC(C)c1ccc(C(=O)N2CCOC3(CCN(Cc4cccc(CCNC[C@H](O)c5ccc(O)c6[nH]c(=O)sc56)c4)CC3)C2)s1. The molecule has 45 heavy (non-hydrogen) atoms. The van der Waals surface area contributed by atoms with Crippen molar-refractivity contribution in [1.29, 1.82) is 0 Å². The lowest BCUT2D eigenvalue weighted by atomic mass is 9.89. The topological polar surface area (TPSA) is 118 Å². The zero-order chi connectivity index (χ0) is 31.6. The van der Waals surface area contributed by atoms with Crippen molar-refractivity contribution in [2.45, 2.75) is 57.3 Å². The predicted octanol–water partition coefficient (Wildman–Crippen LogP) is 4.85. The fraction of sp³-hybridized carbons (Fsp3) is 0.471. The van der Waals surface area contributed by atoms with Gasteiger partial charge in [-0.15, -0.1) is 11.3 Å². The standard InChI is InChI=1S/C34H42N4O5S2/c1-22(2)28-8-9-29(44-28)32(41)38-16-17-43-34(21-38)11-14-37(15-12-34)20-24-5-3-4-23(18-24)10-13-35-19-27(40)25-6-7-26(39)30-31(25)45-33(42)36-30/h3-9,18,22,27,35,39-40H,10-17,19-21H2,1-2H3,(H,36,42)/t27-/m0/s1. The summed E-state index contributed by atoms with van der Waals surface area (Å²) in [5.74, 6) is 0.569. The van der Waals surface area contributed by atoms with Crippen molar-refractivity contribution in [1.82, 2.24) is 20.1 Å². The Morgan fingerprint density at radius 1 is 1.09 bits per heavy atom. The number of likely N-dealkylation sites (tertiary alicyclic amines) is 1. The van der Waals surface area contributed by atoms with E-state index in [4.69, 9.17) is 4.74 Å². The number of ether oxygens (including phenoxy) is 1. The molecule has 0 aliphatic carbocycles. The number of aliphatic hydroxyl groups is 1. The molecule has 2 aliphatic rings. The molecule has 240 valence electrons. The number of amides is 1. The highest BCUT2D eigenvalue weighted by atomic mass is 32.1. The Bertz CT molecular complexity index is 1690. The lowest BCUT2D eigenvalue weighted by molar-refractivity contribution is -0.127. The van der Waals surface area contributed by atoms with Crippen molar-refractivity contribution in [3.63, 3.8) is 0 Å². The van der Waals surface area contributed by atoms with Gasteiger partial charge in [0.05, 0.1) is 34.4 Å². The summed E-state index contributed by atoms with van der Waals surface area (Å²) in [5.41, 5.74) is 3.26. The van der Waals surface area contributed by atoms with Crippen molar-refractivity contribution in [2.75, 3.05) is 45.9 Å². The summed E-state index contributed by atoms with van der Waals surface area (Å²) in [6.07, 6.45) is 1.86. The average Bonchev–Trinajstić information content (AvgIpc) is 3.69. The van der Waals surface area contributed by atoms with Gasteiger partial charge in [0, 0.05) is 43.2 Å². The van der Waals surface area contributed by atoms with E-state index in [1.165, 1.54) is 22.1 Å². The summed E-state index contributed by atoms with van der Waals surface area (Å²) in [6, 6.07) is 15.9. The molecule has 4 N–H and O–H groups in total. The maximum Gasteiger partial charge on any atom is 0.305 e. The molecule has 11 heteroatoms. The monoisotopic (exact) mass is 650 g/mol. The molecular weight excluding hydrogens is 609 g/mol. The van der Waals surface area contributed by atoms with Gasteiger partial charge in [0.15, 0.2) is 0 Å². The van der Waals surface area contributed by atoms with Crippen LogP contribution in [0.4, 0.5) is 0 Å². The minimum atomic E-state index is -0.792. The van der Waals surface area contributed by atoms with Gasteiger partial charge in [-0.05, 0) is 61.1 Å². The highest BCUT2D eigenvalue weighted by Crippen LogP contribution is 2.33. The number of morpholine rings is 1. The van der Waals surface area contributed by atoms with Crippen molar-refractivity contribution >= 4 is 38.8 Å². The van der Waals surface area contributed by atoms with Crippen LogP contribution in [0.3, 0.4) is 0 Å². The zero-order valence-electron chi connectivity index (χ0n) is 25.9. The number of carbonyl (C=O) groups is 1. The second kappa shape index (κ2) is 13.7. The fourth-order valence-electron chi connectivity index (χ4n) is 6.40. The highest BCUT2D eigenvalue weighted by Gasteiger charge is 2.41. The van der Waals surface area contributed by atoms with Gasteiger partial charge in [0.25, 0.3) is 5.91 Å². The number of hydrogen-bond acceptors (Lipinski definition) is 9. The minimum Gasteiger partial charge on any atom is -0.506 e. The lowest BCUT2D eigenvalue weighted by Gasteiger charge is -2.47. The third-order valence-electron chi connectivity index (χ3n) is 8.98. The van der Waals surface area contributed by atoms with Crippen molar-refractivity contribution in [3.05, 3.63) is 84.6 Å². The van der Waals surface area contributed by atoms with Gasteiger partial charge in [-0.25, -0.2) is 0 Å². The molecule has 2 aliphatic heterocycles. The van der Waals surface area contributed by atoms with Gasteiger partial charge in [-0.3, -0.25) is 14.5 Å². The third-order valence-corrected chi connectivity index (χ3v) is 11.3. The number of aromatic amines is 1. The van der Waals surface area contributed by atoms with Crippen molar-refractivity contribution in [2.24, 2.45) is 0 Å². The molecule has 2 aromatic carbocycles. The molecule has 2 saturated heterocycles. The van der Waals surface area contributed by atoms with E-state index >= 15 is 0 Å². The van der Waals surface area contributed by atoms with Gasteiger partial charge in [-0.1, -0.05) is 55.5 Å². The van der Waals surface area contributed by atoms with Gasteiger partial charge in [0.1, 0.15) is 11.3 Å². The zero-order valence-corrected chi connectivity index (χ0v) is 27.5. The van der Waals surface area contributed by atoms with Crippen molar-refractivity contribution in [3.8, 4) is 5.75 Å². The van der Waals surface area contributed by atoms with Crippen LogP contribution in [0.25, 0.3) is 10.2 Å². The molecule has 1 amide bonds. The number of nitrogens with zero attached hydrogens (tertiary/aromatic N) is 2. The van der Waals surface area contributed by atoms with E-state index in [0.29, 0.717) is 54.5 Å². The number of thiazole rings is 1. The largest absolute Gasteiger partial charge is 0.506 e. The first-order chi connectivity index (χ1) is 21.7. The molecule has 2 aromatic heterocycles. The lowest BCUT2D eigenvalue weighted by Crippen LogP contribution is -2.57. The Kier molecular flexibility index (Phi) is 9.74. The third kappa shape index (κ3) is 7.34. The molecule has 0 saturated carbocycles. The molecule has 2 fully saturated rings. The van der Waals surface area contributed by atoms with Crippen LogP contribution in [-0.4, -0.2) is 82.4 Å². The van der Waals surface area contributed by atoms with E-state index in [2.05, 4.69) is 59.4 Å². The van der Waals surface area contributed by atoms with Crippen LogP contribution in [0.1, 0.15) is 70.0 Å². The molecule has 4 aromatic rings. The van der Waals surface area contributed by atoms with Crippen LogP contribution in [0, 0.1) is 0 Å². The number of piperidine rings is 1. The molecule has 0 bridgehead atoms. The fourth-order valence-corrected chi connectivity index (χ4v) is 8.29. The molecule has 0 radical (unpaired) electrons. The number of rotatable bonds is 10. The number of aromatic hydroxyl groups is 1. The van der Waals surface area contributed by atoms with Crippen molar-refractivity contribution < 1.29 is 19.7 Å². The Labute approximate surface area is 271 Å². The van der Waals surface area contributed by atoms with Gasteiger partial charge >= 0.3 is 4.87 Å². The molecule has 4 heterocycles. The summed E-state index contributed by atoms with van der Waals surface area (Å²) < 4.78 is 6.93. The molecule has 6 rings (SSSR count). The molecule has 1 atom stereocenters. The number of hydrogen-bond donors (Lipinski definition) is 4. The number of aliphatic hydroxyl groups excluding tert-OH is 1. The smallest absolute Gasteiger partial charge is 0.305 e. The average molecular weight is 651 g/mol. The second-order valence-corrected chi connectivity index (χ2v) is 14.7. The van der Waals surface area contributed by atoms with E-state index in [9.17, 15) is 19.8 Å². The summed E-state index contributed by atoms with van der Waals surface area (Å²) in [6.45, 7) is 10.0. The number of benzene rings is 2. The number of thiophene rings is 1. The number of H-pyrrole nitrogens is 1. The van der Waals surface area contributed by atoms with Crippen LogP contribution in [0.2, 0.25) is 0 Å². The highest BCUT2D eigenvalue weighted by molar-refractivity contribution is 7.16. The number of fused-ring (bicyclic) bond motifs is 1. The van der Waals surface area contributed by atoms with E-state index < -0.39 is 6.10 Å². The Balaban J connectivity index is 0.967. The molecule has 0 unspecified atom stereocenters. The predicted molar refractivity (Wildman–Crippen MR) is 180 cm³/mol. The van der Waals surface area contributed by atoms with Crippen LogP contribution < -0.4 is 10.2 Å². The Hall–Kier alpha value is -3.06. The second-order valence-electron chi connectivity index (χ2n) is 12.6. The Morgan fingerprint density at radius 3 is 2.67 bits per heavy atom. The van der Waals surface area contributed by atoms with Gasteiger partial charge in [0.2, 0.25) is 0 Å². The van der Waals surface area contributed by atoms with Gasteiger partial charge in [-0.2, -0.15) is 0 Å². The van der Waals surface area contributed by atoms with E-state index in [1.807, 2.05) is 11.0 Å². The molecule has 1 spiro atoms. The first-order valence-electron chi connectivity index (χ1n) is 15.8. The number of phenolic OH excluding ortho intramolecular Hbond substituents is 1. The van der Waals surface area contributed by atoms with E-state index in [-0.39, 0.29) is 22.1 Å². The maximum atomic E-state index is 13.3. The first-order valence-corrected chi connectivity index (χ1v) is 17.4. The molecular formula is C34H42N4O5S2. The van der Waals surface area contributed by atoms with Crippen LogP contribution in [0.15, 0.2) is 53.3 Å². The van der Waals surface area contributed by atoms with E-state index in [1.54, 1.807) is 17.4 Å². The Morgan fingerprint density at radius 2 is 1.89 bits per heavy atom. The number of carbonyl (C=O) groups excluding carboxylic acids is 1. The summed E-state index contributed by atoms with van der Waals surface area (Å²) in [4.78, 5) is 34.0. The van der Waals surface area contributed by atoms with Crippen LogP contribution in [0.5, 0.6) is 5.75 Å². The van der Waals surface area contributed by atoms with Gasteiger partial charge < -0.3 is 30.2 Å². The molecule has 9 nitrogen and oxygen atoms in total. The quantitative estimate of drug-likeness (QED) is 0.181. The minimum absolute atomic E-state index is 0.00615. The summed E-state index contributed by atoms with van der Waals surface area (Å²) in [7, 11) is 0. The summed E-state index contributed by atoms with van der Waals surface area (Å²) >= 11 is 2.61. The maximum absolute atomic E-state index is 13.3. The first kappa shape index (κ1) is 31.9. The number of nitrogens with one attached hydrogen (secondary N) is 2. The van der Waals surface area contributed by atoms with E-state index in [0.717, 1.165) is 55.1 Å².